The lowest BCUT2D eigenvalue weighted by Crippen LogP contribution is -3.00. The van der Waals surface area contributed by atoms with Gasteiger partial charge in [-0.25, -0.2) is 9.18 Å². The van der Waals surface area contributed by atoms with E-state index in [2.05, 4.69) is 95.7 Å². The van der Waals surface area contributed by atoms with Gasteiger partial charge in [-0.3, -0.25) is 0 Å². The van der Waals surface area contributed by atoms with Crippen LogP contribution in [0.1, 0.15) is 81.0 Å². The summed E-state index contributed by atoms with van der Waals surface area (Å²) in [6.07, 6.45) is 14.8. The minimum atomic E-state index is -1.70. The molecule has 0 fully saturated rings. The van der Waals surface area contributed by atoms with Gasteiger partial charge in [-0.05, 0) is 67.8 Å². The highest BCUT2D eigenvalue weighted by molar-refractivity contribution is 7.95. The number of unbranched alkanes of at least 4 members (excludes halogenated alkanes) is 10. The van der Waals surface area contributed by atoms with Gasteiger partial charge in [-0.2, -0.15) is 0 Å². The van der Waals surface area contributed by atoms with Crippen LogP contribution >= 0.6 is 7.26 Å². The molecule has 4 aromatic carbocycles. The average Bonchev–Trinajstić information content (AvgIpc) is 3.07. The summed E-state index contributed by atoms with van der Waals surface area (Å²) in [5, 5.41) is 4.44. The number of halogens is 2. The average molecular weight is 694 g/mol. The van der Waals surface area contributed by atoms with E-state index in [0.29, 0.717) is 12.4 Å². The number of ether oxygens (including phenoxy) is 2. The fourth-order valence-electron chi connectivity index (χ4n) is 5.98. The van der Waals surface area contributed by atoms with Crippen molar-refractivity contribution >= 4 is 29.1 Å². The van der Waals surface area contributed by atoms with Crippen LogP contribution in [0.4, 0.5) is 4.39 Å². The van der Waals surface area contributed by atoms with Gasteiger partial charge in [0.25, 0.3) is 0 Å². The van der Waals surface area contributed by atoms with Crippen LogP contribution in [0.25, 0.3) is 0 Å². The summed E-state index contributed by atoms with van der Waals surface area (Å²) in [4.78, 5) is 11.5. The van der Waals surface area contributed by atoms with Crippen LogP contribution in [0.3, 0.4) is 0 Å². The molecule has 0 spiro atoms. The third-order valence-corrected chi connectivity index (χ3v) is 12.9. The molecule has 240 valence electrons. The van der Waals surface area contributed by atoms with Crippen molar-refractivity contribution in [3.63, 3.8) is 0 Å². The number of methoxy groups -OCH3 is 1. The Kier molecular flexibility index (Phi) is 16.4. The molecule has 4 rings (SSSR count). The van der Waals surface area contributed by atoms with Gasteiger partial charge >= 0.3 is 5.97 Å². The van der Waals surface area contributed by atoms with E-state index in [4.69, 9.17) is 4.74 Å². The number of carbonyl (C=O) groups excluding carboxylic acids is 1. The molecule has 0 aliphatic heterocycles. The largest absolute Gasteiger partial charge is 1.00 e. The van der Waals surface area contributed by atoms with Crippen molar-refractivity contribution < 1.29 is 35.6 Å². The minimum absolute atomic E-state index is 0. The molecule has 0 amide bonds. The normalized spacial score (nSPS) is 11.1. The number of carbonyl (C=O) groups is 1. The number of rotatable bonds is 19. The topological polar surface area (TPSA) is 35.5 Å². The van der Waals surface area contributed by atoms with Crippen LogP contribution in [0.5, 0.6) is 5.75 Å². The van der Waals surface area contributed by atoms with Crippen molar-refractivity contribution in [3.05, 3.63) is 121 Å². The molecule has 0 unspecified atom stereocenters. The Balaban J connectivity index is 0.00000552. The third kappa shape index (κ3) is 10.8. The maximum atomic E-state index is 14.0. The predicted molar refractivity (Wildman–Crippen MR) is 184 cm³/mol. The van der Waals surface area contributed by atoms with Crippen molar-refractivity contribution in [2.24, 2.45) is 0 Å². The maximum absolute atomic E-state index is 14.0. The highest BCUT2D eigenvalue weighted by Gasteiger charge is 2.44. The summed E-state index contributed by atoms with van der Waals surface area (Å²) in [5.74, 6) is -0.846. The van der Waals surface area contributed by atoms with E-state index >= 15 is 0 Å². The highest BCUT2D eigenvalue weighted by Crippen LogP contribution is 2.56. The van der Waals surface area contributed by atoms with E-state index in [1.807, 2.05) is 0 Å². The zero-order valence-corrected chi connectivity index (χ0v) is 29.0. The van der Waals surface area contributed by atoms with E-state index in [9.17, 15) is 9.18 Å². The third-order valence-electron chi connectivity index (χ3n) is 8.34. The quantitative estimate of drug-likeness (QED) is 0.0660. The predicted octanol–water partition coefficient (Wildman–Crippen LogP) is 6.28. The Labute approximate surface area is 280 Å². The highest BCUT2D eigenvalue weighted by atomic mass is 79.9. The first-order valence-electron chi connectivity index (χ1n) is 16.2. The Bertz CT molecular complexity index is 1290. The molecule has 0 radical (unpaired) electrons. The molecule has 0 saturated heterocycles. The summed E-state index contributed by atoms with van der Waals surface area (Å²) in [5.41, 5.74) is -0.0719. The van der Waals surface area contributed by atoms with Gasteiger partial charge in [0.1, 0.15) is 34.7 Å². The summed E-state index contributed by atoms with van der Waals surface area (Å²) < 4.78 is 24.2. The van der Waals surface area contributed by atoms with Crippen molar-refractivity contribution in [1.82, 2.24) is 0 Å². The van der Waals surface area contributed by atoms with E-state index in [-0.39, 0.29) is 22.5 Å². The van der Waals surface area contributed by atoms with E-state index in [1.54, 1.807) is 6.07 Å². The fraction of sp³-hybridized carbons (Fsp3) is 0.359. The molecule has 0 N–H and O–H groups in total. The van der Waals surface area contributed by atoms with E-state index in [0.717, 1.165) is 12.8 Å². The van der Waals surface area contributed by atoms with Gasteiger partial charge in [0.05, 0.1) is 25.4 Å². The van der Waals surface area contributed by atoms with Crippen molar-refractivity contribution in [1.29, 1.82) is 0 Å². The van der Waals surface area contributed by atoms with Crippen LogP contribution in [-0.4, -0.2) is 25.8 Å². The van der Waals surface area contributed by atoms with Crippen molar-refractivity contribution in [2.45, 2.75) is 70.6 Å². The molecule has 0 heterocycles. The van der Waals surface area contributed by atoms with Gasteiger partial charge in [0.2, 0.25) is 0 Å². The van der Waals surface area contributed by atoms with Crippen LogP contribution in [-0.2, 0) is 4.74 Å². The summed E-state index contributed by atoms with van der Waals surface area (Å²) in [7, 11) is -0.465. The zero-order valence-electron chi connectivity index (χ0n) is 26.5. The molecule has 0 bridgehead atoms. The van der Waals surface area contributed by atoms with Gasteiger partial charge in [-0.1, -0.05) is 106 Å². The van der Waals surface area contributed by atoms with Crippen LogP contribution in [0, 0.1) is 5.82 Å². The molecular weight excluding hydrogens is 646 g/mol. The Morgan fingerprint density at radius 3 is 1.44 bits per heavy atom. The first kappa shape index (κ1) is 36.5. The van der Waals surface area contributed by atoms with Crippen molar-refractivity contribution in [3.8, 4) is 5.75 Å². The molecule has 0 aromatic heterocycles. The number of hydrogen-bond acceptors (Lipinski definition) is 3. The minimum Gasteiger partial charge on any atom is -1.00 e. The molecule has 4 aromatic rings. The SMILES string of the molecule is COC(=O)c1ccc(OCCCCCCCCCCCCC[P+](c2ccccc2)(c2ccccc2)c2ccccc2)cc1F.[Br-]. The van der Waals surface area contributed by atoms with Crippen LogP contribution in [0.15, 0.2) is 109 Å². The summed E-state index contributed by atoms with van der Waals surface area (Å²) in [6, 6.07) is 37.9. The second kappa shape index (κ2) is 20.2. The van der Waals surface area contributed by atoms with Crippen LogP contribution < -0.4 is 37.6 Å². The molecule has 0 saturated carbocycles. The monoisotopic (exact) mass is 692 g/mol. The fourth-order valence-corrected chi connectivity index (χ4v) is 10.4. The van der Waals surface area contributed by atoms with Gasteiger partial charge < -0.3 is 26.5 Å². The lowest BCUT2D eigenvalue weighted by atomic mass is 10.1. The second-order valence-electron chi connectivity index (χ2n) is 11.4. The zero-order chi connectivity index (χ0) is 30.9. The van der Waals surface area contributed by atoms with E-state index < -0.39 is 19.0 Å². The Hall–Kier alpha value is -3.01. The Morgan fingerprint density at radius 1 is 0.600 bits per heavy atom. The maximum Gasteiger partial charge on any atom is 0.340 e. The van der Waals surface area contributed by atoms with Gasteiger partial charge in [0.15, 0.2) is 0 Å². The smallest absolute Gasteiger partial charge is 0.340 e. The first-order valence-corrected chi connectivity index (χ1v) is 18.2. The summed E-state index contributed by atoms with van der Waals surface area (Å²) in [6.45, 7) is 0.555. The lowest BCUT2D eigenvalue weighted by Gasteiger charge is -2.27. The van der Waals surface area contributed by atoms with Gasteiger partial charge in [0, 0.05) is 6.07 Å². The molecule has 3 nitrogen and oxygen atoms in total. The molecule has 6 heteroatoms. The summed E-state index contributed by atoms with van der Waals surface area (Å²) >= 11 is 0. The first-order chi connectivity index (χ1) is 21.6. The molecule has 0 atom stereocenters. The standard InChI is InChI=1S/C39H47FO3P.BrH/c1-42-39(41)37-29-28-33(32-38(37)40)43-30-20-9-7-5-3-2-4-6-8-10-21-31-44(34-22-14-11-15-23-34,35-24-16-12-17-25-35)36-26-18-13-19-27-36;/h11-19,22-29,32H,2-10,20-21,30-31H2,1H3;1H/q+1;/p-1. The van der Waals surface area contributed by atoms with Gasteiger partial charge in [-0.15, -0.1) is 0 Å². The van der Waals surface area contributed by atoms with E-state index in [1.165, 1.54) is 99.1 Å². The second-order valence-corrected chi connectivity index (χ2v) is 15.0. The number of esters is 1. The van der Waals surface area contributed by atoms with Crippen LogP contribution in [0.2, 0.25) is 0 Å². The molecule has 45 heavy (non-hydrogen) atoms. The Morgan fingerprint density at radius 2 is 1.02 bits per heavy atom. The molecular formula is C39H47BrFO3P. The molecule has 0 aliphatic carbocycles. The van der Waals surface area contributed by atoms with Crippen molar-refractivity contribution in [2.75, 3.05) is 19.9 Å². The lowest BCUT2D eigenvalue weighted by molar-refractivity contribution is -0.0000252. The molecule has 0 aliphatic rings. The number of benzene rings is 4. The number of hydrogen-bond donors (Lipinski definition) is 0.